The number of aromatic nitrogens is 1. The monoisotopic (exact) mass is 399 g/mol. The molecule has 1 N–H and O–H groups in total. The summed E-state index contributed by atoms with van der Waals surface area (Å²) in [5, 5.41) is 1.30. The largest absolute Gasteiger partial charge is 0.454 e. The lowest BCUT2D eigenvalue weighted by atomic mass is 9.86. The minimum atomic E-state index is 0. The molecule has 3 nitrogen and oxygen atoms in total. The molecular formula is C26H41NO2. The van der Waals surface area contributed by atoms with Crippen LogP contribution < -0.4 is 9.47 Å². The smallest absolute Gasteiger partial charge is 0.231 e. The van der Waals surface area contributed by atoms with Crippen LogP contribution in [0.4, 0.5) is 0 Å². The second-order valence-electron chi connectivity index (χ2n) is 8.85. The molecule has 0 aliphatic carbocycles. The highest BCUT2D eigenvalue weighted by molar-refractivity contribution is 5.80. The average Bonchev–Trinajstić information content (AvgIpc) is 3.21. The fourth-order valence-electron chi connectivity index (χ4n) is 2.88. The lowest BCUT2D eigenvalue weighted by Gasteiger charge is -2.18. The van der Waals surface area contributed by atoms with Crippen molar-refractivity contribution in [2.24, 2.45) is 0 Å². The molecule has 0 spiro atoms. The Balaban J connectivity index is 0.000000490. The Morgan fingerprint density at radius 1 is 0.690 bits per heavy atom. The van der Waals surface area contributed by atoms with E-state index in [1.165, 1.54) is 22.0 Å². The van der Waals surface area contributed by atoms with Gasteiger partial charge in [0.05, 0.1) is 0 Å². The van der Waals surface area contributed by atoms with E-state index in [4.69, 9.17) is 9.47 Å². The van der Waals surface area contributed by atoms with Crippen LogP contribution in [0.15, 0.2) is 48.7 Å². The van der Waals surface area contributed by atoms with Crippen molar-refractivity contribution in [3.05, 3.63) is 59.8 Å². The van der Waals surface area contributed by atoms with Crippen molar-refractivity contribution >= 4 is 10.9 Å². The van der Waals surface area contributed by atoms with Gasteiger partial charge in [-0.2, -0.15) is 0 Å². The van der Waals surface area contributed by atoms with Crippen LogP contribution in [0.2, 0.25) is 0 Å². The number of benzene rings is 2. The Morgan fingerprint density at radius 2 is 1.24 bits per heavy atom. The molecule has 0 saturated carbocycles. The molecular weight excluding hydrogens is 358 g/mol. The topological polar surface area (TPSA) is 34.2 Å². The molecule has 0 atom stereocenters. The SMILES string of the molecule is C.C.C.CC(C)(C)c1ccc2[nH]ccc2c1.CC(C)(C)c1ccc2c(c1)OCO2. The van der Waals surface area contributed by atoms with Gasteiger partial charge in [0.25, 0.3) is 0 Å². The molecule has 0 saturated heterocycles. The molecule has 3 heteroatoms. The highest BCUT2D eigenvalue weighted by Gasteiger charge is 2.19. The second-order valence-corrected chi connectivity index (χ2v) is 8.85. The maximum Gasteiger partial charge on any atom is 0.231 e. The molecule has 0 radical (unpaired) electrons. The van der Waals surface area contributed by atoms with E-state index < -0.39 is 0 Å². The van der Waals surface area contributed by atoms with Crippen LogP contribution in [0.5, 0.6) is 11.5 Å². The average molecular weight is 400 g/mol. The van der Waals surface area contributed by atoms with Crippen molar-refractivity contribution in [3.63, 3.8) is 0 Å². The van der Waals surface area contributed by atoms with E-state index in [9.17, 15) is 0 Å². The van der Waals surface area contributed by atoms with Gasteiger partial charge < -0.3 is 14.5 Å². The predicted octanol–water partition coefficient (Wildman–Crippen LogP) is 8.09. The summed E-state index contributed by atoms with van der Waals surface area (Å²) in [7, 11) is 0. The van der Waals surface area contributed by atoms with E-state index in [0.29, 0.717) is 6.79 Å². The third-order valence-corrected chi connectivity index (χ3v) is 4.66. The normalized spacial score (nSPS) is 12.1. The van der Waals surface area contributed by atoms with Crippen molar-refractivity contribution in [3.8, 4) is 11.5 Å². The van der Waals surface area contributed by atoms with Gasteiger partial charge in [0.1, 0.15) is 0 Å². The Hall–Kier alpha value is -2.42. The van der Waals surface area contributed by atoms with Crippen LogP contribution in [0.3, 0.4) is 0 Å². The molecule has 1 aliphatic heterocycles. The first kappa shape index (κ1) is 26.6. The van der Waals surface area contributed by atoms with Crippen LogP contribution in [-0.2, 0) is 10.8 Å². The summed E-state index contributed by atoms with van der Waals surface area (Å²) in [4.78, 5) is 3.20. The number of rotatable bonds is 0. The van der Waals surface area contributed by atoms with Gasteiger partial charge in [-0.05, 0) is 57.7 Å². The van der Waals surface area contributed by atoms with Crippen LogP contribution >= 0.6 is 0 Å². The van der Waals surface area contributed by atoms with Gasteiger partial charge in [-0.15, -0.1) is 0 Å². The van der Waals surface area contributed by atoms with Gasteiger partial charge in [0, 0.05) is 11.7 Å². The summed E-state index contributed by atoms with van der Waals surface area (Å²) in [5.41, 5.74) is 4.29. The zero-order chi connectivity index (χ0) is 18.9. The van der Waals surface area contributed by atoms with Crippen LogP contribution in [-0.4, -0.2) is 11.8 Å². The van der Waals surface area contributed by atoms with Crippen LogP contribution in [0, 0.1) is 0 Å². The van der Waals surface area contributed by atoms with Gasteiger partial charge in [-0.25, -0.2) is 0 Å². The maximum absolute atomic E-state index is 5.31. The molecule has 0 fully saturated rings. The third kappa shape index (κ3) is 6.28. The quantitative estimate of drug-likeness (QED) is 0.414. The Kier molecular flexibility index (Phi) is 9.04. The Bertz CT molecular complexity index is 895. The van der Waals surface area contributed by atoms with Gasteiger partial charge in [0.2, 0.25) is 6.79 Å². The van der Waals surface area contributed by atoms with Gasteiger partial charge in [0.15, 0.2) is 11.5 Å². The van der Waals surface area contributed by atoms with Crippen molar-refractivity contribution in [1.29, 1.82) is 0 Å². The number of H-pyrrole nitrogens is 1. The first-order chi connectivity index (χ1) is 12.1. The van der Waals surface area contributed by atoms with Gasteiger partial charge in [-0.1, -0.05) is 76.0 Å². The van der Waals surface area contributed by atoms with Crippen LogP contribution in [0.1, 0.15) is 74.9 Å². The molecule has 4 rings (SSSR count). The van der Waals surface area contributed by atoms with Crippen LogP contribution in [0.25, 0.3) is 10.9 Å². The number of aromatic amines is 1. The van der Waals surface area contributed by atoms with E-state index in [1.54, 1.807) is 0 Å². The summed E-state index contributed by atoms with van der Waals surface area (Å²) in [6, 6.07) is 14.8. The summed E-state index contributed by atoms with van der Waals surface area (Å²) in [6.45, 7) is 13.6. The second kappa shape index (κ2) is 9.87. The maximum atomic E-state index is 5.31. The molecule has 2 heterocycles. The Labute approximate surface area is 178 Å². The molecule has 3 aromatic rings. The lowest BCUT2D eigenvalue weighted by molar-refractivity contribution is 0.174. The highest BCUT2D eigenvalue weighted by Crippen LogP contribution is 2.36. The molecule has 2 aromatic carbocycles. The number of nitrogens with one attached hydrogen (secondary N) is 1. The van der Waals surface area contributed by atoms with E-state index in [0.717, 1.165) is 11.5 Å². The molecule has 1 aromatic heterocycles. The molecule has 1 aliphatic rings. The minimum Gasteiger partial charge on any atom is -0.454 e. The summed E-state index contributed by atoms with van der Waals surface area (Å²) in [5.74, 6) is 1.72. The Morgan fingerprint density at radius 3 is 1.86 bits per heavy atom. The summed E-state index contributed by atoms with van der Waals surface area (Å²) < 4.78 is 10.6. The summed E-state index contributed by atoms with van der Waals surface area (Å²) in [6.07, 6.45) is 1.98. The highest BCUT2D eigenvalue weighted by atomic mass is 16.7. The summed E-state index contributed by atoms with van der Waals surface area (Å²) >= 11 is 0. The first-order valence-electron chi connectivity index (χ1n) is 9.12. The number of hydrogen-bond acceptors (Lipinski definition) is 2. The van der Waals surface area contributed by atoms with Gasteiger partial charge >= 0.3 is 0 Å². The van der Waals surface area contributed by atoms with Crippen molar-refractivity contribution in [1.82, 2.24) is 4.98 Å². The first-order valence-corrected chi connectivity index (χ1v) is 9.12. The van der Waals surface area contributed by atoms with Crippen molar-refractivity contribution < 1.29 is 9.47 Å². The van der Waals surface area contributed by atoms with E-state index in [2.05, 4.69) is 82.9 Å². The van der Waals surface area contributed by atoms with Crippen molar-refractivity contribution in [2.45, 2.75) is 74.7 Å². The zero-order valence-electron chi connectivity index (χ0n) is 16.6. The fraction of sp³-hybridized carbons (Fsp3) is 0.462. The lowest BCUT2D eigenvalue weighted by Crippen LogP contribution is -2.10. The zero-order valence-corrected chi connectivity index (χ0v) is 16.6. The standard InChI is InChI=1S/C12H15N.C11H14O2.3CH4/c1-12(2,3)10-4-5-11-9(8-10)6-7-13-11;1-11(2,3)8-4-5-9-10(6-8)13-7-12-9;;;/h4-8,13H,1-3H3;4-6H,7H2,1-3H3;3*1H4. The fourth-order valence-corrected chi connectivity index (χ4v) is 2.88. The van der Waals surface area contributed by atoms with E-state index >= 15 is 0 Å². The van der Waals surface area contributed by atoms with Crippen molar-refractivity contribution in [2.75, 3.05) is 6.79 Å². The minimum absolute atomic E-state index is 0. The van der Waals surface area contributed by atoms with Gasteiger partial charge in [-0.3, -0.25) is 0 Å². The molecule has 0 amide bonds. The number of fused-ring (bicyclic) bond motifs is 2. The number of hydrogen-bond donors (Lipinski definition) is 1. The van der Waals surface area contributed by atoms with E-state index in [1.807, 2.05) is 12.3 Å². The van der Waals surface area contributed by atoms with E-state index in [-0.39, 0.29) is 33.1 Å². The number of ether oxygens (including phenoxy) is 2. The molecule has 0 unspecified atom stereocenters. The predicted molar refractivity (Wildman–Crippen MR) is 128 cm³/mol. The molecule has 162 valence electrons. The molecule has 29 heavy (non-hydrogen) atoms. The molecule has 0 bridgehead atoms. The third-order valence-electron chi connectivity index (χ3n) is 4.66.